The number of ether oxygens (including phenoxy) is 1. The molecule has 2 N–H and O–H groups in total. The zero-order valence-electron chi connectivity index (χ0n) is 19.5. The van der Waals surface area contributed by atoms with Crippen LogP contribution in [-0.4, -0.2) is 94.4 Å². The summed E-state index contributed by atoms with van der Waals surface area (Å²) in [5.74, 6) is -3.93. The quantitative estimate of drug-likeness (QED) is 0.565. The van der Waals surface area contributed by atoms with Crippen molar-refractivity contribution in [3.8, 4) is 0 Å². The first-order valence-electron chi connectivity index (χ1n) is 11.3. The van der Waals surface area contributed by atoms with Crippen molar-refractivity contribution < 1.29 is 55.4 Å². The van der Waals surface area contributed by atoms with Crippen molar-refractivity contribution in [3.05, 3.63) is 17.5 Å². The van der Waals surface area contributed by atoms with Gasteiger partial charge >= 0.3 is 24.3 Å². The number of alkyl halides is 6. The maximum absolute atomic E-state index is 10.6. The number of aryl methyl sites for hydroxylation is 1. The molecule has 0 aliphatic carbocycles. The largest absolute Gasteiger partial charge is 0.490 e. The summed E-state index contributed by atoms with van der Waals surface area (Å²) in [6, 6.07) is 2.63. The van der Waals surface area contributed by atoms with E-state index in [0.29, 0.717) is 18.1 Å². The van der Waals surface area contributed by atoms with Gasteiger partial charge in [0.25, 0.3) is 0 Å². The number of hydrogen-bond donors (Lipinski definition) is 2. The average Bonchev–Trinajstić information content (AvgIpc) is 3.45. The summed E-state index contributed by atoms with van der Waals surface area (Å²) < 4.78 is 74.9. The Kier molecular flexibility index (Phi) is 10.5. The lowest BCUT2D eigenvalue weighted by atomic mass is 9.84. The summed E-state index contributed by atoms with van der Waals surface area (Å²) >= 11 is 0. The van der Waals surface area contributed by atoms with E-state index in [9.17, 15) is 26.3 Å². The maximum Gasteiger partial charge on any atom is 0.490 e. The lowest BCUT2D eigenvalue weighted by Gasteiger charge is -2.48. The first kappa shape index (κ1) is 29.8. The van der Waals surface area contributed by atoms with Crippen molar-refractivity contribution >= 4 is 11.9 Å². The number of carbonyl (C=O) groups is 2. The third kappa shape index (κ3) is 9.24. The van der Waals surface area contributed by atoms with Crippen molar-refractivity contribution in [2.75, 3.05) is 32.8 Å². The fourth-order valence-electron chi connectivity index (χ4n) is 4.51. The van der Waals surface area contributed by atoms with Crippen LogP contribution in [0.2, 0.25) is 0 Å². The second kappa shape index (κ2) is 12.7. The molecule has 9 nitrogen and oxygen atoms in total. The van der Waals surface area contributed by atoms with Crippen LogP contribution >= 0.6 is 0 Å². The normalized spacial score (nSPS) is 25.1. The molecule has 0 saturated carbocycles. The summed E-state index contributed by atoms with van der Waals surface area (Å²) in [4.78, 5) is 23.0. The van der Waals surface area contributed by atoms with Crippen LogP contribution in [0.1, 0.15) is 37.1 Å². The van der Waals surface area contributed by atoms with Crippen molar-refractivity contribution in [2.24, 2.45) is 5.92 Å². The number of carboxylic acid groups (broad SMARTS) is 2. The van der Waals surface area contributed by atoms with Gasteiger partial charge in [0.05, 0.1) is 11.8 Å². The molecule has 4 rings (SSSR count). The number of likely N-dealkylation sites (tertiary alicyclic amines) is 2. The van der Waals surface area contributed by atoms with Crippen molar-refractivity contribution in [1.82, 2.24) is 15.0 Å². The minimum absolute atomic E-state index is 0.446. The molecular weight excluding hydrogens is 504 g/mol. The highest BCUT2D eigenvalue weighted by molar-refractivity contribution is 5.73. The van der Waals surface area contributed by atoms with E-state index in [-0.39, 0.29) is 0 Å². The summed E-state index contributed by atoms with van der Waals surface area (Å²) in [5, 5.41) is 18.4. The molecule has 3 atom stereocenters. The number of aromatic nitrogens is 1. The third-order valence-electron chi connectivity index (χ3n) is 5.97. The highest BCUT2D eigenvalue weighted by Crippen LogP contribution is 2.33. The topological polar surface area (TPSA) is 116 Å². The van der Waals surface area contributed by atoms with Crippen LogP contribution in [0.25, 0.3) is 0 Å². The number of halogens is 6. The van der Waals surface area contributed by atoms with E-state index >= 15 is 0 Å². The Morgan fingerprint density at radius 3 is 2.06 bits per heavy atom. The third-order valence-corrected chi connectivity index (χ3v) is 5.97. The van der Waals surface area contributed by atoms with Gasteiger partial charge in [-0.1, -0.05) is 5.16 Å². The van der Waals surface area contributed by atoms with E-state index in [1.807, 2.05) is 6.92 Å². The Hall–Kier alpha value is -2.39. The molecule has 15 heteroatoms. The molecule has 3 aliphatic heterocycles. The van der Waals surface area contributed by atoms with Gasteiger partial charge < -0.3 is 19.5 Å². The van der Waals surface area contributed by atoms with Gasteiger partial charge in [0.2, 0.25) is 0 Å². The molecule has 3 fully saturated rings. The average molecular weight is 533 g/mol. The van der Waals surface area contributed by atoms with Gasteiger partial charge in [-0.3, -0.25) is 9.80 Å². The molecule has 3 aliphatic rings. The second-order valence-corrected chi connectivity index (χ2v) is 8.78. The molecule has 0 radical (unpaired) electrons. The molecule has 0 amide bonds. The first-order valence-corrected chi connectivity index (χ1v) is 11.3. The van der Waals surface area contributed by atoms with Crippen LogP contribution in [0, 0.1) is 12.8 Å². The van der Waals surface area contributed by atoms with Crippen molar-refractivity contribution in [3.63, 3.8) is 0 Å². The van der Waals surface area contributed by atoms with Gasteiger partial charge in [-0.2, -0.15) is 26.3 Å². The number of aliphatic carboxylic acids is 2. The van der Waals surface area contributed by atoms with Gasteiger partial charge in [-0.25, -0.2) is 9.59 Å². The number of hydrogen-bond acceptors (Lipinski definition) is 7. The molecule has 4 heterocycles. The van der Waals surface area contributed by atoms with Gasteiger partial charge in [-0.15, -0.1) is 0 Å². The van der Waals surface area contributed by atoms with E-state index in [1.165, 1.54) is 38.8 Å². The smallest absolute Gasteiger partial charge is 0.475 e. The summed E-state index contributed by atoms with van der Waals surface area (Å²) in [5.41, 5.74) is 1.06. The van der Waals surface area contributed by atoms with Crippen LogP contribution in [0.15, 0.2) is 10.6 Å². The first-order chi connectivity index (χ1) is 16.7. The Labute approximate surface area is 202 Å². The Morgan fingerprint density at radius 2 is 1.58 bits per heavy atom. The van der Waals surface area contributed by atoms with E-state index in [0.717, 1.165) is 37.7 Å². The zero-order chi connectivity index (χ0) is 27.1. The molecule has 1 aromatic rings. The molecule has 0 aromatic carbocycles. The van der Waals surface area contributed by atoms with E-state index < -0.39 is 24.3 Å². The van der Waals surface area contributed by atoms with Crippen molar-refractivity contribution in [2.45, 2.75) is 63.7 Å². The standard InChI is InChI=1S/C17H27N3O2.2C2HF3O2/c1-13-9-15(18-22-13)11-19-10-14-5-4-8-21-17(14)16(12-19)20-6-2-3-7-20;2*3-2(4,5)1(6)7/h9,14,16-17H,2-8,10-12H2,1H3;2*(H,6,7)/t14-,16+,17-;;/m0../s1. The number of carboxylic acids is 2. The maximum atomic E-state index is 10.6. The monoisotopic (exact) mass is 533 g/mol. The Morgan fingerprint density at radius 1 is 1.03 bits per heavy atom. The SMILES string of the molecule is Cc1cc(CN2C[C@@H]3CCCO[C@@H]3[C@H](N3CCCC3)C2)no1.O=C(O)C(F)(F)F.O=C(O)C(F)(F)F. The molecule has 1 aromatic heterocycles. The van der Waals surface area contributed by atoms with Gasteiger partial charge in [-0.05, 0) is 51.6 Å². The van der Waals surface area contributed by atoms with E-state index in [2.05, 4.69) is 21.0 Å². The molecular formula is C21H29F6N3O6. The van der Waals surface area contributed by atoms with Gasteiger partial charge in [0.15, 0.2) is 0 Å². The van der Waals surface area contributed by atoms with E-state index in [1.54, 1.807) is 0 Å². The lowest BCUT2D eigenvalue weighted by molar-refractivity contribution is -0.193. The summed E-state index contributed by atoms with van der Waals surface area (Å²) in [6.45, 7) is 8.56. The minimum Gasteiger partial charge on any atom is -0.475 e. The lowest BCUT2D eigenvalue weighted by Crippen LogP contribution is -2.60. The summed E-state index contributed by atoms with van der Waals surface area (Å²) in [6.07, 6.45) is -4.51. The molecule has 206 valence electrons. The van der Waals surface area contributed by atoms with Crippen LogP contribution in [0.3, 0.4) is 0 Å². The zero-order valence-corrected chi connectivity index (χ0v) is 19.5. The number of rotatable bonds is 3. The fourth-order valence-corrected chi connectivity index (χ4v) is 4.51. The van der Waals surface area contributed by atoms with Gasteiger partial charge in [0.1, 0.15) is 5.76 Å². The molecule has 3 saturated heterocycles. The van der Waals surface area contributed by atoms with Crippen LogP contribution < -0.4 is 0 Å². The van der Waals surface area contributed by atoms with Crippen molar-refractivity contribution in [1.29, 1.82) is 0 Å². The highest BCUT2D eigenvalue weighted by atomic mass is 19.4. The minimum atomic E-state index is -5.08. The molecule has 36 heavy (non-hydrogen) atoms. The highest BCUT2D eigenvalue weighted by Gasteiger charge is 2.42. The van der Waals surface area contributed by atoms with E-state index in [4.69, 9.17) is 29.1 Å². The Balaban J connectivity index is 0.000000271. The van der Waals surface area contributed by atoms with Crippen LogP contribution in [0.4, 0.5) is 26.3 Å². The van der Waals surface area contributed by atoms with Crippen LogP contribution in [0.5, 0.6) is 0 Å². The van der Waals surface area contributed by atoms with Gasteiger partial charge in [0, 0.05) is 38.3 Å². The molecule has 0 spiro atoms. The Bertz CT molecular complexity index is 832. The van der Waals surface area contributed by atoms with Crippen LogP contribution in [-0.2, 0) is 20.9 Å². The molecule has 0 unspecified atom stereocenters. The summed E-state index contributed by atoms with van der Waals surface area (Å²) in [7, 11) is 0. The number of fused-ring (bicyclic) bond motifs is 1. The number of nitrogens with zero attached hydrogens (tertiary/aromatic N) is 3. The predicted octanol–water partition coefficient (Wildman–Crippen LogP) is 3.32. The number of piperidine rings is 1. The predicted molar refractivity (Wildman–Crippen MR) is 111 cm³/mol. The fraction of sp³-hybridized carbons (Fsp3) is 0.762. The molecule has 0 bridgehead atoms. The second-order valence-electron chi connectivity index (χ2n) is 8.78.